The maximum absolute atomic E-state index is 14.6. The number of benzene rings is 2. The molecular weight excluding hydrogens is 522 g/mol. The Morgan fingerprint density at radius 3 is 2.33 bits per heavy atom. The molecule has 40 heavy (non-hydrogen) atoms. The normalized spacial score (nSPS) is 13.5. The maximum Gasteiger partial charge on any atom is 0.291 e. The minimum atomic E-state index is -1.13. The van der Waals surface area contributed by atoms with Crippen molar-refractivity contribution in [2.45, 2.75) is 6.92 Å². The summed E-state index contributed by atoms with van der Waals surface area (Å²) in [7, 11) is 6.45. The molecule has 4 rings (SSSR count). The van der Waals surface area contributed by atoms with E-state index in [1.165, 1.54) is 37.1 Å². The van der Waals surface area contributed by atoms with Crippen molar-refractivity contribution in [3.05, 3.63) is 65.1 Å². The van der Waals surface area contributed by atoms with E-state index in [1.54, 1.807) is 34.9 Å². The van der Waals surface area contributed by atoms with E-state index in [4.69, 9.17) is 4.74 Å². The number of nitrogens with zero attached hydrogens (tertiary/aromatic N) is 5. The van der Waals surface area contributed by atoms with Crippen LogP contribution in [0.3, 0.4) is 0 Å². The van der Waals surface area contributed by atoms with Gasteiger partial charge in [-0.1, -0.05) is 0 Å². The van der Waals surface area contributed by atoms with E-state index in [0.29, 0.717) is 49.5 Å². The molecular formula is C28H32F2N6O4. The van der Waals surface area contributed by atoms with Crippen molar-refractivity contribution in [1.82, 2.24) is 24.3 Å². The van der Waals surface area contributed by atoms with Gasteiger partial charge in [0, 0.05) is 50.0 Å². The van der Waals surface area contributed by atoms with Gasteiger partial charge in [-0.15, -0.1) is 0 Å². The van der Waals surface area contributed by atoms with E-state index in [-0.39, 0.29) is 34.6 Å². The number of methoxy groups -OCH3 is 1. The van der Waals surface area contributed by atoms with E-state index in [9.17, 15) is 23.2 Å². The number of rotatable bonds is 7. The smallest absolute Gasteiger partial charge is 0.291 e. The highest BCUT2D eigenvalue weighted by atomic mass is 19.2. The predicted molar refractivity (Wildman–Crippen MR) is 145 cm³/mol. The predicted octanol–water partition coefficient (Wildman–Crippen LogP) is 2.78. The lowest BCUT2D eigenvalue weighted by Gasteiger charge is -2.35. The molecule has 1 aromatic heterocycles. The van der Waals surface area contributed by atoms with Crippen LogP contribution in [-0.4, -0.2) is 95.9 Å². The number of amides is 3. The summed E-state index contributed by atoms with van der Waals surface area (Å²) in [6.07, 6.45) is 1.29. The summed E-state index contributed by atoms with van der Waals surface area (Å²) in [6, 6.07) is 7.62. The van der Waals surface area contributed by atoms with Gasteiger partial charge < -0.3 is 29.3 Å². The molecule has 0 spiro atoms. The Morgan fingerprint density at radius 2 is 1.70 bits per heavy atom. The second kappa shape index (κ2) is 11.8. The van der Waals surface area contributed by atoms with Crippen LogP contribution in [0.5, 0.6) is 5.75 Å². The molecule has 12 heteroatoms. The number of nitrogens with one attached hydrogen (secondary N) is 1. The minimum absolute atomic E-state index is 0.00915. The molecule has 1 aliphatic heterocycles. The number of hydrogen-bond donors (Lipinski definition) is 1. The summed E-state index contributed by atoms with van der Waals surface area (Å²) in [5.41, 5.74) is 1.77. The Morgan fingerprint density at radius 1 is 1.02 bits per heavy atom. The number of piperazine rings is 1. The quantitative estimate of drug-likeness (QED) is 0.482. The zero-order chi connectivity index (χ0) is 29.1. The number of aromatic nitrogens is 2. The van der Waals surface area contributed by atoms with Crippen molar-refractivity contribution in [3.8, 4) is 17.0 Å². The SMILES string of the molecule is COc1ccc(-c2cnc(C(=O)Nc3ccc(C(=O)N4CCN(C(=O)CN(C)C)CC4)c(C)c3)n2C)c(F)c1F. The van der Waals surface area contributed by atoms with Gasteiger partial charge in [-0.05, 0) is 56.9 Å². The number of imidazole rings is 1. The van der Waals surface area contributed by atoms with Gasteiger partial charge in [0.2, 0.25) is 11.7 Å². The summed E-state index contributed by atoms with van der Waals surface area (Å²) in [6.45, 7) is 3.94. The Bertz CT molecular complexity index is 1450. The second-order valence-electron chi connectivity index (χ2n) is 9.86. The fourth-order valence-electron chi connectivity index (χ4n) is 4.63. The summed E-state index contributed by atoms with van der Waals surface area (Å²) in [5, 5.41) is 2.75. The van der Waals surface area contributed by atoms with Crippen LogP contribution >= 0.6 is 0 Å². The molecule has 0 aliphatic carbocycles. The molecule has 1 N–H and O–H groups in total. The van der Waals surface area contributed by atoms with Crippen LogP contribution in [0.15, 0.2) is 36.5 Å². The van der Waals surface area contributed by atoms with Crippen LogP contribution in [-0.2, 0) is 11.8 Å². The monoisotopic (exact) mass is 554 g/mol. The molecule has 0 unspecified atom stereocenters. The molecule has 0 radical (unpaired) electrons. The van der Waals surface area contributed by atoms with E-state index in [0.717, 1.165) is 0 Å². The van der Waals surface area contributed by atoms with E-state index in [2.05, 4.69) is 10.3 Å². The summed E-state index contributed by atoms with van der Waals surface area (Å²) in [5.74, 6) is -3.13. The molecule has 212 valence electrons. The number of hydrogen-bond acceptors (Lipinski definition) is 6. The first-order valence-corrected chi connectivity index (χ1v) is 12.7. The molecule has 1 aliphatic rings. The zero-order valence-corrected chi connectivity index (χ0v) is 23.1. The van der Waals surface area contributed by atoms with Gasteiger partial charge in [0.25, 0.3) is 11.8 Å². The minimum Gasteiger partial charge on any atom is -0.494 e. The van der Waals surface area contributed by atoms with Crippen LogP contribution in [0.25, 0.3) is 11.3 Å². The molecule has 1 fully saturated rings. The zero-order valence-electron chi connectivity index (χ0n) is 23.1. The third-order valence-corrected chi connectivity index (χ3v) is 6.82. The van der Waals surface area contributed by atoms with Crippen LogP contribution in [0.2, 0.25) is 0 Å². The fraction of sp³-hybridized carbons (Fsp3) is 0.357. The standard InChI is InChI=1S/C28H32F2N6O4/c1-17-14-18(6-7-19(17)28(39)36-12-10-35(11-13-36)23(37)16-33(2)3)32-27(38)26-31-15-21(34(26)4)20-8-9-22(40-5)25(30)24(20)29/h6-9,14-15H,10-13,16H2,1-5H3,(H,32,38). The number of carbonyl (C=O) groups excluding carboxylic acids is 3. The first kappa shape index (κ1) is 28.7. The van der Waals surface area contributed by atoms with E-state index < -0.39 is 17.5 Å². The highest BCUT2D eigenvalue weighted by Gasteiger charge is 2.26. The molecule has 10 nitrogen and oxygen atoms in total. The number of anilines is 1. The van der Waals surface area contributed by atoms with Crippen LogP contribution < -0.4 is 10.1 Å². The fourth-order valence-corrected chi connectivity index (χ4v) is 4.63. The molecule has 1 saturated heterocycles. The molecule has 2 aromatic carbocycles. The largest absolute Gasteiger partial charge is 0.494 e. The van der Waals surface area contributed by atoms with Gasteiger partial charge in [-0.3, -0.25) is 14.4 Å². The van der Waals surface area contributed by atoms with Crippen molar-refractivity contribution in [1.29, 1.82) is 0 Å². The third-order valence-electron chi connectivity index (χ3n) is 6.82. The topological polar surface area (TPSA) is 100 Å². The second-order valence-corrected chi connectivity index (χ2v) is 9.86. The Kier molecular flexibility index (Phi) is 8.48. The van der Waals surface area contributed by atoms with Crippen molar-refractivity contribution >= 4 is 23.4 Å². The number of ether oxygens (including phenoxy) is 1. The van der Waals surface area contributed by atoms with E-state index >= 15 is 0 Å². The first-order valence-electron chi connectivity index (χ1n) is 12.7. The van der Waals surface area contributed by atoms with Gasteiger partial charge in [-0.2, -0.15) is 4.39 Å². The van der Waals surface area contributed by atoms with Crippen LogP contribution in [0, 0.1) is 18.6 Å². The van der Waals surface area contributed by atoms with Crippen molar-refractivity contribution < 1.29 is 27.9 Å². The van der Waals surface area contributed by atoms with Gasteiger partial charge >= 0.3 is 0 Å². The summed E-state index contributed by atoms with van der Waals surface area (Å²) < 4.78 is 35.0. The molecule has 2 heterocycles. The maximum atomic E-state index is 14.6. The number of carbonyl (C=O) groups is 3. The van der Waals surface area contributed by atoms with Crippen LogP contribution in [0.1, 0.15) is 26.5 Å². The Hall–Kier alpha value is -4.32. The van der Waals surface area contributed by atoms with Crippen molar-refractivity contribution in [3.63, 3.8) is 0 Å². The highest BCUT2D eigenvalue weighted by Crippen LogP contribution is 2.30. The first-order chi connectivity index (χ1) is 19.0. The Labute approximate surface area is 231 Å². The molecule has 0 atom stereocenters. The van der Waals surface area contributed by atoms with E-state index in [1.807, 2.05) is 19.0 Å². The van der Waals surface area contributed by atoms with Crippen molar-refractivity contribution in [2.24, 2.45) is 7.05 Å². The Balaban J connectivity index is 1.43. The number of likely N-dealkylation sites (N-methyl/N-ethyl adjacent to an activating group) is 1. The number of halogens is 2. The van der Waals surface area contributed by atoms with Crippen molar-refractivity contribution in [2.75, 3.05) is 59.2 Å². The average Bonchev–Trinajstić information content (AvgIpc) is 3.30. The van der Waals surface area contributed by atoms with Gasteiger partial charge in [-0.25, -0.2) is 9.37 Å². The highest BCUT2D eigenvalue weighted by molar-refractivity contribution is 6.03. The lowest BCUT2D eigenvalue weighted by molar-refractivity contribution is -0.133. The van der Waals surface area contributed by atoms with Crippen LogP contribution in [0.4, 0.5) is 14.5 Å². The molecule has 3 aromatic rings. The summed E-state index contributed by atoms with van der Waals surface area (Å²) in [4.78, 5) is 47.8. The third kappa shape index (κ3) is 5.81. The number of aryl methyl sites for hydroxylation is 1. The lowest BCUT2D eigenvalue weighted by Crippen LogP contribution is -2.52. The van der Waals surface area contributed by atoms with Gasteiger partial charge in [0.05, 0.1) is 25.5 Å². The van der Waals surface area contributed by atoms with Gasteiger partial charge in [0.15, 0.2) is 17.4 Å². The molecule has 0 saturated carbocycles. The molecule has 0 bridgehead atoms. The lowest BCUT2D eigenvalue weighted by atomic mass is 10.1. The van der Waals surface area contributed by atoms with Gasteiger partial charge in [0.1, 0.15) is 0 Å². The average molecular weight is 555 g/mol. The summed E-state index contributed by atoms with van der Waals surface area (Å²) >= 11 is 0. The molecule has 3 amide bonds.